The van der Waals surface area contributed by atoms with Crippen molar-refractivity contribution in [1.82, 2.24) is 19.6 Å². The van der Waals surface area contributed by atoms with Gasteiger partial charge in [0.2, 0.25) is 0 Å². The van der Waals surface area contributed by atoms with Crippen LogP contribution < -0.4 is 0 Å². The van der Waals surface area contributed by atoms with Crippen molar-refractivity contribution >= 4 is 5.91 Å². The molecular formula is C20H34N4O2. The van der Waals surface area contributed by atoms with Crippen molar-refractivity contribution in [3.63, 3.8) is 0 Å². The fourth-order valence-corrected chi connectivity index (χ4v) is 4.40. The smallest absolute Gasteiger partial charge is 0.257 e. The van der Waals surface area contributed by atoms with Crippen LogP contribution in [0.5, 0.6) is 0 Å². The number of nitrogens with zero attached hydrogens (tertiary/aromatic N) is 4. The summed E-state index contributed by atoms with van der Waals surface area (Å²) < 4.78 is 1.85. The number of likely N-dealkylation sites (tertiary alicyclic amines) is 1. The molecule has 26 heavy (non-hydrogen) atoms. The minimum atomic E-state index is -0.575. The molecule has 0 radical (unpaired) electrons. The molecule has 1 saturated heterocycles. The lowest BCUT2D eigenvalue weighted by Gasteiger charge is -2.42. The Morgan fingerprint density at radius 3 is 2.77 bits per heavy atom. The van der Waals surface area contributed by atoms with E-state index in [9.17, 15) is 9.90 Å². The van der Waals surface area contributed by atoms with Gasteiger partial charge in [-0.2, -0.15) is 5.10 Å². The van der Waals surface area contributed by atoms with Crippen LogP contribution in [0.1, 0.15) is 68.1 Å². The summed E-state index contributed by atoms with van der Waals surface area (Å²) in [7, 11) is 4.06. The lowest BCUT2D eigenvalue weighted by Crippen LogP contribution is -2.48. The molecule has 1 N–H and O–H groups in total. The Kier molecular flexibility index (Phi) is 6.35. The first kappa shape index (κ1) is 19.4. The van der Waals surface area contributed by atoms with E-state index in [1.54, 1.807) is 6.20 Å². The molecule has 2 aliphatic rings. The second kappa shape index (κ2) is 8.53. The Morgan fingerprint density at radius 2 is 2.04 bits per heavy atom. The first-order valence-corrected chi connectivity index (χ1v) is 10.2. The molecule has 1 aliphatic heterocycles. The Bertz CT molecular complexity index is 592. The lowest BCUT2D eigenvalue weighted by atomic mass is 9.78. The van der Waals surface area contributed by atoms with E-state index in [2.05, 4.69) is 10.00 Å². The molecular weight excluding hydrogens is 328 g/mol. The van der Waals surface area contributed by atoms with Gasteiger partial charge in [0.05, 0.1) is 23.9 Å². The number of aromatic nitrogens is 2. The summed E-state index contributed by atoms with van der Waals surface area (Å²) in [6.45, 7) is 2.47. The highest BCUT2D eigenvalue weighted by Crippen LogP contribution is 2.35. The Balaban J connectivity index is 1.66. The summed E-state index contributed by atoms with van der Waals surface area (Å²) in [6.07, 6.45) is 12.7. The summed E-state index contributed by atoms with van der Waals surface area (Å²) in [4.78, 5) is 17.2. The number of hydrogen-bond acceptors (Lipinski definition) is 4. The van der Waals surface area contributed by atoms with Gasteiger partial charge < -0.3 is 14.9 Å². The van der Waals surface area contributed by atoms with Crippen molar-refractivity contribution in [2.75, 3.05) is 27.2 Å². The molecule has 1 atom stereocenters. The van der Waals surface area contributed by atoms with Crippen molar-refractivity contribution in [2.24, 2.45) is 0 Å². The van der Waals surface area contributed by atoms with E-state index < -0.39 is 5.60 Å². The zero-order valence-corrected chi connectivity index (χ0v) is 16.4. The molecule has 1 aliphatic carbocycles. The van der Waals surface area contributed by atoms with Crippen LogP contribution in [0, 0.1) is 0 Å². The van der Waals surface area contributed by atoms with E-state index in [-0.39, 0.29) is 11.9 Å². The topological polar surface area (TPSA) is 61.6 Å². The zero-order chi connectivity index (χ0) is 18.6. The van der Waals surface area contributed by atoms with Crippen molar-refractivity contribution in [3.05, 3.63) is 18.0 Å². The minimum Gasteiger partial charge on any atom is -0.390 e. The van der Waals surface area contributed by atoms with Gasteiger partial charge in [-0.3, -0.25) is 9.48 Å². The second-order valence-corrected chi connectivity index (χ2v) is 8.43. The van der Waals surface area contributed by atoms with Gasteiger partial charge in [-0.15, -0.1) is 0 Å². The van der Waals surface area contributed by atoms with Crippen molar-refractivity contribution in [1.29, 1.82) is 0 Å². The molecule has 1 aromatic rings. The summed E-state index contributed by atoms with van der Waals surface area (Å²) in [5.74, 6) is 0.0743. The quantitative estimate of drug-likeness (QED) is 0.845. The van der Waals surface area contributed by atoms with Crippen LogP contribution in [0.3, 0.4) is 0 Å². The van der Waals surface area contributed by atoms with Crippen molar-refractivity contribution < 1.29 is 9.90 Å². The Morgan fingerprint density at radius 1 is 1.27 bits per heavy atom. The van der Waals surface area contributed by atoms with E-state index in [0.717, 1.165) is 71.0 Å². The lowest BCUT2D eigenvalue weighted by molar-refractivity contribution is -0.0296. The van der Waals surface area contributed by atoms with Crippen LogP contribution in [0.4, 0.5) is 0 Å². The number of rotatable bonds is 6. The third kappa shape index (κ3) is 4.86. The van der Waals surface area contributed by atoms with Crippen LogP contribution in [0.15, 0.2) is 12.4 Å². The number of piperidine rings is 1. The highest BCUT2D eigenvalue weighted by atomic mass is 16.3. The number of likely N-dealkylation sites (N-methyl/N-ethyl adjacent to an activating group) is 1. The largest absolute Gasteiger partial charge is 0.390 e. The molecule has 2 fully saturated rings. The van der Waals surface area contributed by atoms with Gasteiger partial charge in [0.15, 0.2) is 0 Å². The van der Waals surface area contributed by atoms with E-state index in [1.165, 1.54) is 6.42 Å². The Labute approximate surface area is 157 Å². The SMILES string of the molecule is CN(C)CCn1cc(C(=O)N2CCCCC2CC2(O)CCCCC2)cn1. The van der Waals surface area contributed by atoms with Gasteiger partial charge in [-0.25, -0.2) is 0 Å². The van der Waals surface area contributed by atoms with E-state index in [0.29, 0.717) is 5.56 Å². The minimum absolute atomic E-state index is 0.0743. The first-order valence-electron chi connectivity index (χ1n) is 10.2. The molecule has 1 amide bonds. The maximum Gasteiger partial charge on any atom is 0.257 e. The van der Waals surface area contributed by atoms with Crippen molar-refractivity contribution in [3.8, 4) is 0 Å². The molecule has 146 valence electrons. The van der Waals surface area contributed by atoms with Crippen LogP contribution in [-0.2, 0) is 6.54 Å². The predicted molar refractivity (Wildman–Crippen MR) is 102 cm³/mol. The molecule has 0 spiro atoms. The van der Waals surface area contributed by atoms with Crippen LogP contribution >= 0.6 is 0 Å². The van der Waals surface area contributed by atoms with Crippen LogP contribution in [-0.4, -0.2) is 69.4 Å². The molecule has 2 heterocycles. The number of carbonyl (C=O) groups is 1. The highest BCUT2D eigenvalue weighted by Gasteiger charge is 2.37. The third-order valence-corrected chi connectivity index (χ3v) is 5.94. The van der Waals surface area contributed by atoms with Gasteiger partial charge in [0.1, 0.15) is 0 Å². The zero-order valence-electron chi connectivity index (χ0n) is 16.4. The molecule has 1 saturated carbocycles. The highest BCUT2D eigenvalue weighted by molar-refractivity contribution is 5.94. The molecule has 1 aromatic heterocycles. The average molecular weight is 363 g/mol. The fourth-order valence-electron chi connectivity index (χ4n) is 4.40. The van der Waals surface area contributed by atoms with E-state index >= 15 is 0 Å². The Hall–Kier alpha value is -1.40. The summed E-state index contributed by atoms with van der Waals surface area (Å²) in [5, 5.41) is 15.3. The summed E-state index contributed by atoms with van der Waals surface area (Å²) in [5.41, 5.74) is 0.0978. The monoisotopic (exact) mass is 362 g/mol. The molecule has 6 heteroatoms. The first-order chi connectivity index (χ1) is 12.5. The van der Waals surface area contributed by atoms with Gasteiger partial charge in [-0.1, -0.05) is 19.3 Å². The number of amides is 1. The van der Waals surface area contributed by atoms with E-state index in [1.807, 2.05) is 29.9 Å². The second-order valence-electron chi connectivity index (χ2n) is 8.43. The van der Waals surface area contributed by atoms with Gasteiger partial charge >= 0.3 is 0 Å². The summed E-state index contributed by atoms with van der Waals surface area (Å²) >= 11 is 0. The van der Waals surface area contributed by atoms with Gasteiger partial charge in [0.25, 0.3) is 5.91 Å². The molecule has 6 nitrogen and oxygen atoms in total. The number of carbonyl (C=O) groups excluding carboxylic acids is 1. The van der Waals surface area contributed by atoms with E-state index in [4.69, 9.17) is 0 Å². The molecule has 0 bridgehead atoms. The van der Waals surface area contributed by atoms with Crippen LogP contribution in [0.2, 0.25) is 0 Å². The summed E-state index contributed by atoms with van der Waals surface area (Å²) in [6, 6.07) is 0.157. The average Bonchev–Trinajstić information content (AvgIpc) is 3.09. The maximum atomic E-state index is 13.1. The normalized spacial score (nSPS) is 23.4. The number of aliphatic hydroxyl groups is 1. The molecule has 3 rings (SSSR count). The molecule has 0 aromatic carbocycles. The predicted octanol–water partition coefficient (Wildman–Crippen LogP) is 2.52. The third-order valence-electron chi connectivity index (χ3n) is 5.94. The maximum absolute atomic E-state index is 13.1. The fraction of sp³-hybridized carbons (Fsp3) is 0.800. The van der Waals surface area contributed by atoms with Gasteiger partial charge in [0, 0.05) is 25.3 Å². The standard InChI is InChI=1S/C20H34N4O2/c1-22(2)12-13-23-16-17(15-21-23)19(25)24-11-7-4-8-18(24)14-20(26)9-5-3-6-10-20/h15-16,18,26H,3-14H2,1-2H3. The van der Waals surface area contributed by atoms with Crippen molar-refractivity contribution in [2.45, 2.75) is 76.0 Å². The van der Waals surface area contributed by atoms with Crippen LogP contribution in [0.25, 0.3) is 0 Å². The van der Waals surface area contributed by atoms with Gasteiger partial charge in [-0.05, 0) is 52.6 Å². The number of hydrogen-bond donors (Lipinski definition) is 1. The molecule has 1 unspecified atom stereocenters.